The lowest BCUT2D eigenvalue weighted by Crippen LogP contribution is -2.77. The van der Waals surface area contributed by atoms with E-state index < -0.39 is 76.8 Å². The van der Waals surface area contributed by atoms with Gasteiger partial charge in [0.25, 0.3) is 0 Å². The molecule has 0 aliphatic heterocycles. The lowest BCUT2D eigenvalue weighted by Gasteiger charge is -2.44. The summed E-state index contributed by atoms with van der Waals surface area (Å²) in [4.78, 5) is 0. The Labute approximate surface area is 218 Å². The molecule has 0 saturated heterocycles. The van der Waals surface area contributed by atoms with Crippen LogP contribution in [0.25, 0.3) is 0 Å². The van der Waals surface area contributed by atoms with Crippen molar-refractivity contribution in [1.82, 2.24) is 0 Å². The maximum absolute atomic E-state index is 13.9. The lowest BCUT2D eigenvalue weighted by atomic mass is 9.87. The average molecular weight is 721 g/mol. The van der Waals surface area contributed by atoms with Crippen LogP contribution in [0.15, 0.2) is 16.6 Å². The van der Waals surface area contributed by atoms with Gasteiger partial charge in [0, 0.05) is 16.2 Å². The third kappa shape index (κ3) is 4.81. The number of nitrogen functional groups attached to an aromatic ring is 2. The summed E-state index contributed by atoms with van der Waals surface area (Å²) >= 11 is 2.56. The van der Waals surface area contributed by atoms with Gasteiger partial charge in [-0.25, -0.2) is 0 Å². The number of anilines is 2. The summed E-state index contributed by atoms with van der Waals surface area (Å²) < 4.78 is 283. The van der Waals surface area contributed by atoms with Crippen LogP contribution >= 0.6 is 15.9 Å². The molecule has 0 heterocycles. The first-order valence-corrected chi connectivity index (χ1v) is 9.84. The van der Waals surface area contributed by atoms with Crippen molar-refractivity contribution < 1.29 is 96.9 Å². The van der Waals surface area contributed by atoms with Gasteiger partial charge in [0.15, 0.2) is 5.75 Å². The minimum atomic E-state index is -9.25. The molecule has 25 heteroatoms. The number of hydrogen-bond donors (Lipinski definition) is 2. The smallest absolute Gasteiger partial charge is 0.426 e. The Kier molecular flexibility index (Phi) is 8.56. The van der Waals surface area contributed by atoms with Crippen molar-refractivity contribution in [2.24, 2.45) is 0 Å². The summed E-state index contributed by atoms with van der Waals surface area (Å²) in [6, 6.07) is 0.380. The van der Waals surface area contributed by atoms with Crippen LogP contribution in [-0.4, -0.2) is 59.7 Å². The highest BCUT2D eigenvalue weighted by Crippen LogP contribution is 2.66. The fraction of sp³-hybridized carbons (Fsp3) is 0.625. The molecule has 0 radical (unpaired) electrons. The van der Waals surface area contributed by atoms with Gasteiger partial charge in [-0.15, -0.1) is 0 Å². The van der Waals surface area contributed by atoms with Crippen LogP contribution < -0.4 is 16.2 Å². The minimum absolute atomic E-state index is 0.0219. The molecule has 0 bridgehead atoms. The van der Waals surface area contributed by atoms with Crippen molar-refractivity contribution in [2.75, 3.05) is 11.5 Å². The zero-order valence-electron chi connectivity index (χ0n) is 18.0. The van der Waals surface area contributed by atoms with Crippen LogP contribution in [-0.2, 0) is 0 Å². The molecule has 0 aliphatic rings. The van der Waals surface area contributed by atoms with E-state index in [1.165, 1.54) is 0 Å². The Hall–Kier alpha value is -2.37. The standard InChI is InChI=1S/C16H6BrF21N2O/c17-3-1-5(40)6(2-4(3)39)41-16(37,38)14(32,33)12(28,29)10(24,25)8(20,21)7(18,19)9(22,23)11(26,27)13(30,31)15(34,35)36/h1-2H,39-40H2. The Balaban J connectivity index is 3.77. The first-order chi connectivity index (χ1) is 17.5. The molecular weight excluding hydrogens is 715 g/mol. The quantitative estimate of drug-likeness (QED) is 0.189. The van der Waals surface area contributed by atoms with Crippen LogP contribution in [0.3, 0.4) is 0 Å². The van der Waals surface area contributed by atoms with Gasteiger partial charge in [0.05, 0.1) is 5.69 Å². The van der Waals surface area contributed by atoms with Gasteiger partial charge in [-0.05, 0) is 22.0 Å². The van der Waals surface area contributed by atoms with Crippen molar-refractivity contribution in [1.29, 1.82) is 0 Å². The lowest BCUT2D eigenvalue weighted by molar-refractivity contribution is -0.480. The molecule has 4 N–H and O–H groups in total. The van der Waals surface area contributed by atoms with E-state index in [9.17, 15) is 92.2 Å². The number of alkyl halides is 21. The van der Waals surface area contributed by atoms with Crippen molar-refractivity contribution in [2.45, 2.75) is 59.7 Å². The highest BCUT2D eigenvalue weighted by Gasteiger charge is 2.98. The van der Waals surface area contributed by atoms with Gasteiger partial charge in [-0.2, -0.15) is 92.2 Å². The second-order valence-electron chi connectivity index (χ2n) is 7.62. The van der Waals surface area contributed by atoms with E-state index in [4.69, 9.17) is 11.5 Å². The molecule has 41 heavy (non-hydrogen) atoms. The largest absolute Gasteiger partial charge is 0.471 e. The van der Waals surface area contributed by atoms with E-state index >= 15 is 0 Å². The third-order valence-electron chi connectivity index (χ3n) is 4.85. The number of nitrogens with two attached hydrogens (primary N) is 2. The zero-order valence-corrected chi connectivity index (χ0v) is 19.6. The molecule has 0 unspecified atom stereocenters. The van der Waals surface area contributed by atoms with E-state index in [1.54, 1.807) is 0 Å². The summed E-state index contributed by atoms with van der Waals surface area (Å²) in [6.45, 7) is 0. The minimum Gasteiger partial charge on any atom is -0.426 e. The van der Waals surface area contributed by atoms with Gasteiger partial charge in [-0.1, -0.05) is 0 Å². The fourth-order valence-corrected chi connectivity index (χ4v) is 2.78. The van der Waals surface area contributed by atoms with Gasteiger partial charge < -0.3 is 16.2 Å². The Bertz CT molecular complexity index is 1150. The SMILES string of the molecule is Nc1cc(OC(F)(F)C(F)(F)C(F)(F)C(F)(F)C(F)(F)C(F)(F)C(F)(F)C(F)(F)C(F)(F)C(F)(F)F)c(N)cc1Br. The highest BCUT2D eigenvalue weighted by molar-refractivity contribution is 9.10. The molecule has 0 amide bonds. The monoisotopic (exact) mass is 720 g/mol. The summed E-state index contributed by atoms with van der Waals surface area (Å²) in [5.74, 6) is -73.1. The number of hydrogen-bond acceptors (Lipinski definition) is 3. The normalized spacial score (nSPS) is 15.8. The van der Waals surface area contributed by atoms with Crippen molar-refractivity contribution in [3.8, 4) is 5.75 Å². The van der Waals surface area contributed by atoms with Crippen molar-refractivity contribution in [3.63, 3.8) is 0 Å². The van der Waals surface area contributed by atoms with Gasteiger partial charge in [0.2, 0.25) is 0 Å². The molecule has 0 spiro atoms. The Morgan fingerprint density at radius 2 is 0.732 bits per heavy atom. The predicted octanol–water partition coefficient (Wildman–Crippen LogP) is 8.23. The first kappa shape index (κ1) is 36.7. The number of ether oxygens (including phenoxy) is 1. The zero-order chi connectivity index (χ0) is 33.4. The molecule has 3 nitrogen and oxygen atoms in total. The third-order valence-corrected chi connectivity index (χ3v) is 5.54. The van der Waals surface area contributed by atoms with Crippen molar-refractivity contribution in [3.05, 3.63) is 16.6 Å². The highest BCUT2D eigenvalue weighted by atomic mass is 79.9. The second-order valence-corrected chi connectivity index (χ2v) is 8.48. The molecular formula is C16H6BrF21N2O. The van der Waals surface area contributed by atoms with Crippen molar-refractivity contribution >= 4 is 27.3 Å². The van der Waals surface area contributed by atoms with E-state index in [1.807, 2.05) is 0 Å². The topological polar surface area (TPSA) is 61.3 Å². The Morgan fingerprint density at radius 3 is 1.05 bits per heavy atom. The molecule has 240 valence electrons. The molecule has 0 fully saturated rings. The summed E-state index contributed by atoms with van der Waals surface area (Å²) in [7, 11) is 0. The first-order valence-electron chi connectivity index (χ1n) is 9.05. The molecule has 0 atom stereocenters. The molecule has 1 aromatic rings. The summed E-state index contributed by atoms with van der Waals surface area (Å²) in [5, 5.41) is 0. The maximum Gasteiger partial charge on any atom is 0.471 e. The number of benzene rings is 1. The maximum atomic E-state index is 13.9. The molecule has 1 aromatic carbocycles. The van der Waals surface area contributed by atoms with Gasteiger partial charge in [0.1, 0.15) is 0 Å². The van der Waals surface area contributed by atoms with Crippen LogP contribution in [0.5, 0.6) is 5.75 Å². The van der Waals surface area contributed by atoms with Crippen LogP contribution in [0.4, 0.5) is 104 Å². The summed E-state index contributed by atoms with van der Waals surface area (Å²) in [5.41, 5.74) is 7.98. The van der Waals surface area contributed by atoms with Crippen LogP contribution in [0.1, 0.15) is 0 Å². The summed E-state index contributed by atoms with van der Waals surface area (Å²) in [6.07, 6.45) is -15.3. The van der Waals surface area contributed by atoms with E-state index in [-0.39, 0.29) is 10.5 Å². The molecule has 0 aromatic heterocycles. The van der Waals surface area contributed by atoms with Crippen LogP contribution in [0, 0.1) is 0 Å². The van der Waals surface area contributed by atoms with E-state index in [2.05, 4.69) is 20.7 Å². The fourth-order valence-electron chi connectivity index (χ4n) is 2.42. The van der Waals surface area contributed by atoms with E-state index in [0.29, 0.717) is 6.07 Å². The predicted molar refractivity (Wildman–Crippen MR) is 94.2 cm³/mol. The number of rotatable bonds is 10. The second kappa shape index (κ2) is 9.57. The van der Waals surface area contributed by atoms with Gasteiger partial charge in [-0.3, -0.25) is 0 Å². The Morgan fingerprint density at radius 1 is 0.439 bits per heavy atom. The van der Waals surface area contributed by atoms with Gasteiger partial charge >= 0.3 is 59.7 Å². The van der Waals surface area contributed by atoms with E-state index in [0.717, 1.165) is 0 Å². The average Bonchev–Trinajstić information content (AvgIpc) is 2.75. The number of halogens is 22. The van der Waals surface area contributed by atoms with Crippen LogP contribution in [0.2, 0.25) is 0 Å². The molecule has 0 saturated carbocycles. The molecule has 1 rings (SSSR count). The molecule has 0 aliphatic carbocycles.